The van der Waals surface area contributed by atoms with Gasteiger partial charge in [0.15, 0.2) is 0 Å². The van der Waals surface area contributed by atoms with Gasteiger partial charge in [-0.3, -0.25) is 4.90 Å². The Morgan fingerprint density at radius 1 is 1.40 bits per heavy atom. The number of piperidine rings is 1. The van der Waals surface area contributed by atoms with Gasteiger partial charge in [0.25, 0.3) is 0 Å². The van der Waals surface area contributed by atoms with Crippen LogP contribution in [0.25, 0.3) is 0 Å². The summed E-state index contributed by atoms with van der Waals surface area (Å²) in [6, 6.07) is 6.59. The summed E-state index contributed by atoms with van der Waals surface area (Å²) in [6.45, 7) is 4.69. The number of likely N-dealkylation sites (tertiary alicyclic amines) is 1. The van der Waals surface area contributed by atoms with Gasteiger partial charge in [-0.1, -0.05) is 13.0 Å². The van der Waals surface area contributed by atoms with Crippen molar-refractivity contribution in [2.75, 3.05) is 19.7 Å². The standard InChI is InChI=1S/C16H21FN2O/c1-2-16(12-20)5-7-19(8-6-16)11-14-4-3-13(10-18)9-15(14)17/h3-4,9,20H,2,5-8,11-12H2,1H3. The van der Waals surface area contributed by atoms with E-state index < -0.39 is 0 Å². The number of nitriles is 1. The molecule has 0 atom stereocenters. The van der Waals surface area contributed by atoms with Crippen LogP contribution in [0.3, 0.4) is 0 Å². The summed E-state index contributed by atoms with van der Waals surface area (Å²) in [7, 11) is 0. The smallest absolute Gasteiger partial charge is 0.129 e. The Hall–Kier alpha value is -1.44. The Morgan fingerprint density at radius 3 is 2.60 bits per heavy atom. The molecular weight excluding hydrogens is 255 g/mol. The second-order valence-corrected chi connectivity index (χ2v) is 5.71. The predicted octanol–water partition coefficient (Wildman–Crippen LogP) is 2.68. The maximum absolute atomic E-state index is 13.9. The van der Waals surface area contributed by atoms with E-state index in [0.717, 1.165) is 32.4 Å². The second-order valence-electron chi connectivity index (χ2n) is 5.71. The molecule has 1 N–H and O–H groups in total. The Labute approximate surface area is 119 Å². The normalized spacial score (nSPS) is 18.7. The monoisotopic (exact) mass is 276 g/mol. The summed E-state index contributed by atoms with van der Waals surface area (Å²) >= 11 is 0. The van der Waals surface area contributed by atoms with E-state index in [0.29, 0.717) is 17.7 Å². The molecule has 4 heteroatoms. The van der Waals surface area contributed by atoms with Crippen molar-refractivity contribution < 1.29 is 9.50 Å². The van der Waals surface area contributed by atoms with Crippen molar-refractivity contribution in [3.05, 3.63) is 35.1 Å². The van der Waals surface area contributed by atoms with Crippen LogP contribution >= 0.6 is 0 Å². The molecule has 1 aromatic rings. The van der Waals surface area contributed by atoms with Gasteiger partial charge >= 0.3 is 0 Å². The van der Waals surface area contributed by atoms with Crippen molar-refractivity contribution in [3.8, 4) is 6.07 Å². The summed E-state index contributed by atoms with van der Waals surface area (Å²) < 4.78 is 13.9. The third kappa shape index (κ3) is 3.17. The number of benzene rings is 1. The van der Waals surface area contributed by atoms with E-state index in [1.54, 1.807) is 12.1 Å². The first-order valence-corrected chi connectivity index (χ1v) is 7.14. The van der Waals surface area contributed by atoms with E-state index in [1.807, 2.05) is 6.07 Å². The molecule has 0 spiro atoms. The number of hydrogen-bond donors (Lipinski definition) is 1. The Morgan fingerprint density at radius 2 is 2.10 bits per heavy atom. The number of nitrogens with zero attached hydrogens (tertiary/aromatic N) is 2. The maximum atomic E-state index is 13.9. The molecule has 20 heavy (non-hydrogen) atoms. The van der Waals surface area contributed by atoms with E-state index in [2.05, 4.69) is 11.8 Å². The summed E-state index contributed by atoms with van der Waals surface area (Å²) in [5, 5.41) is 18.2. The van der Waals surface area contributed by atoms with Crippen molar-refractivity contribution in [2.45, 2.75) is 32.7 Å². The maximum Gasteiger partial charge on any atom is 0.129 e. The van der Waals surface area contributed by atoms with Gasteiger partial charge < -0.3 is 5.11 Å². The number of aliphatic hydroxyl groups is 1. The van der Waals surface area contributed by atoms with Crippen LogP contribution in [0.1, 0.15) is 37.3 Å². The molecule has 2 rings (SSSR count). The molecule has 1 aliphatic heterocycles. The van der Waals surface area contributed by atoms with Crippen molar-refractivity contribution in [1.29, 1.82) is 5.26 Å². The molecule has 0 bridgehead atoms. The van der Waals surface area contributed by atoms with Crippen LogP contribution in [0.15, 0.2) is 18.2 Å². The van der Waals surface area contributed by atoms with Crippen molar-refractivity contribution in [2.24, 2.45) is 5.41 Å². The lowest BCUT2D eigenvalue weighted by Gasteiger charge is -2.40. The minimum Gasteiger partial charge on any atom is -0.396 e. The first-order valence-electron chi connectivity index (χ1n) is 7.14. The highest BCUT2D eigenvalue weighted by Gasteiger charge is 2.32. The number of halogens is 1. The molecule has 0 aromatic heterocycles. The fraction of sp³-hybridized carbons (Fsp3) is 0.562. The molecule has 1 heterocycles. The zero-order valence-electron chi connectivity index (χ0n) is 11.9. The topological polar surface area (TPSA) is 47.3 Å². The van der Waals surface area contributed by atoms with Crippen molar-refractivity contribution >= 4 is 0 Å². The van der Waals surface area contributed by atoms with Crippen molar-refractivity contribution in [1.82, 2.24) is 4.90 Å². The van der Waals surface area contributed by atoms with Gasteiger partial charge in [-0.2, -0.15) is 5.26 Å². The van der Waals surface area contributed by atoms with Crippen LogP contribution in [-0.2, 0) is 6.54 Å². The highest BCUT2D eigenvalue weighted by molar-refractivity contribution is 5.32. The predicted molar refractivity (Wildman–Crippen MR) is 75.4 cm³/mol. The van der Waals surface area contributed by atoms with Crippen LogP contribution in [0.2, 0.25) is 0 Å². The SMILES string of the molecule is CCC1(CO)CCN(Cc2ccc(C#N)cc2F)CC1. The van der Waals surface area contributed by atoms with Gasteiger partial charge in [-0.15, -0.1) is 0 Å². The fourth-order valence-electron chi connectivity index (χ4n) is 2.79. The van der Waals surface area contributed by atoms with E-state index in [1.165, 1.54) is 6.07 Å². The molecule has 1 aliphatic rings. The van der Waals surface area contributed by atoms with E-state index in [4.69, 9.17) is 5.26 Å². The van der Waals surface area contributed by atoms with Gasteiger partial charge in [0.05, 0.1) is 11.6 Å². The largest absolute Gasteiger partial charge is 0.396 e. The third-order valence-corrected chi connectivity index (χ3v) is 4.58. The molecule has 1 aromatic carbocycles. The van der Waals surface area contributed by atoms with Crippen molar-refractivity contribution in [3.63, 3.8) is 0 Å². The summed E-state index contributed by atoms with van der Waals surface area (Å²) in [4.78, 5) is 2.22. The average molecular weight is 276 g/mol. The lowest BCUT2D eigenvalue weighted by atomic mass is 9.77. The van der Waals surface area contributed by atoms with Gasteiger partial charge in [-0.05, 0) is 49.9 Å². The molecule has 3 nitrogen and oxygen atoms in total. The highest BCUT2D eigenvalue weighted by atomic mass is 19.1. The lowest BCUT2D eigenvalue weighted by molar-refractivity contribution is 0.0379. The van der Waals surface area contributed by atoms with Gasteiger partial charge in [0.2, 0.25) is 0 Å². The molecule has 0 aliphatic carbocycles. The van der Waals surface area contributed by atoms with E-state index in [9.17, 15) is 9.50 Å². The Balaban J connectivity index is 1.98. The Bertz CT molecular complexity index is 496. The second kappa shape index (κ2) is 6.34. The van der Waals surface area contributed by atoms with E-state index in [-0.39, 0.29) is 17.8 Å². The summed E-state index contributed by atoms with van der Waals surface area (Å²) in [5.74, 6) is -0.307. The van der Waals surface area contributed by atoms with Gasteiger partial charge in [-0.25, -0.2) is 4.39 Å². The van der Waals surface area contributed by atoms with Crippen LogP contribution < -0.4 is 0 Å². The molecule has 0 saturated carbocycles. The van der Waals surface area contributed by atoms with Gasteiger partial charge in [0.1, 0.15) is 5.82 Å². The third-order valence-electron chi connectivity index (χ3n) is 4.58. The molecule has 0 amide bonds. The molecule has 1 fully saturated rings. The summed E-state index contributed by atoms with van der Waals surface area (Å²) in [5.41, 5.74) is 1.05. The van der Waals surface area contributed by atoms with Crippen LogP contribution in [-0.4, -0.2) is 29.7 Å². The molecule has 0 unspecified atom stereocenters. The minimum atomic E-state index is -0.307. The quantitative estimate of drug-likeness (QED) is 0.919. The average Bonchev–Trinajstić information content (AvgIpc) is 2.50. The molecule has 0 radical (unpaired) electrons. The highest BCUT2D eigenvalue weighted by Crippen LogP contribution is 2.34. The lowest BCUT2D eigenvalue weighted by Crippen LogP contribution is -2.41. The zero-order valence-corrected chi connectivity index (χ0v) is 11.9. The number of hydrogen-bond acceptors (Lipinski definition) is 3. The number of rotatable bonds is 4. The Kier molecular flexibility index (Phi) is 4.74. The first-order chi connectivity index (χ1) is 9.62. The minimum absolute atomic E-state index is 0.0553. The first kappa shape index (κ1) is 15.0. The van der Waals surface area contributed by atoms with Crippen LogP contribution in [0.4, 0.5) is 4.39 Å². The summed E-state index contributed by atoms with van der Waals surface area (Å²) in [6.07, 6.45) is 2.90. The fourth-order valence-corrected chi connectivity index (χ4v) is 2.79. The molecule has 1 saturated heterocycles. The molecule has 108 valence electrons. The van der Waals surface area contributed by atoms with Crippen LogP contribution in [0.5, 0.6) is 0 Å². The zero-order chi connectivity index (χ0) is 14.6. The van der Waals surface area contributed by atoms with E-state index >= 15 is 0 Å². The van der Waals surface area contributed by atoms with Crippen LogP contribution in [0, 0.1) is 22.6 Å². The van der Waals surface area contributed by atoms with Gasteiger partial charge in [0, 0.05) is 18.7 Å². The molecular formula is C16H21FN2O. The number of aliphatic hydroxyl groups excluding tert-OH is 1.